The third-order valence-electron chi connectivity index (χ3n) is 1.75. The van der Waals surface area contributed by atoms with E-state index in [0.717, 1.165) is 0 Å². The minimum Gasteiger partial charge on any atom is -0.480 e. The number of carboxylic acid groups (broad SMARTS) is 1. The van der Waals surface area contributed by atoms with Crippen molar-refractivity contribution in [3.05, 3.63) is 18.5 Å². The zero-order valence-corrected chi connectivity index (χ0v) is 8.92. The highest BCUT2D eigenvalue weighted by molar-refractivity contribution is 5.72. The number of hydrogen-bond donors (Lipinski definition) is 1. The molecule has 0 fully saturated rings. The molecule has 0 bridgehead atoms. The van der Waals surface area contributed by atoms with E-state index in [0.29, 0.717) is 18.4 Å². The van der Waals surface area contributed by atoms with Crippen LogP contribution in [0.3, 0.4) is 0 Å². The smallest absolute Gasteiger partial charge is 0.323 e. The summed E-state index contributed by atoms with van der Waals surface area (Å²) in [5.74, 6) is -0.0372. The van der Waals surface area contributed by atoms with E-state index in [9.17, 15) is 4.79 Å². The molecule has 1 heterocycles. The van der Waals surface area contributed by atoms with E-state index in [1.807, 2.05) is 13.8 Å². The second-order valence-corrected chi connectivity index (χ2v) is 3.72. The van der Waals surface area contributed by atoms with Crippen molar-refractivity contribution < 1.29 is 9.90 Å². The van der Waals surface area contributed by atoms with Crippen LogP contribution in [0.1, 0.15) is 13.8 Å². The molecule has 0 saturated carbocycles. The topological polar surface area (TPSA) is 66.3 Å². The maximum absolute atomic E-state index is 10.7. The quantitative estimate of drug-likeness (QED) is 0.784. The van der Waals surface area contributed by atoms with Crippen molar-refractivity contribution in [2.24, 2.45) is 5.92 Å². The fourth-order valence-electron chi connectivity index (χ4n) is 1.28. The largest absolute Gasteiger partial charge is 0.480 e. The van der Waals surface area contributed by atoms with E-state index in [4.69, 9.17) is 5.11 Å². The van der Waals surface area contributed by atoms with Gasteiger partial charge in [-0.25, -0.2) is 9.97 Å². The van der Waals surface area contributed by atoms with Gasteiger partial charge >= 0.3 is 5.97 Å². The summed E-state index contributed by atoms with van der Waals surface area (Å²) in [5, 5.41) is 8.76. The fraction of sp³-hybridized carbons (Fsp3) is 0.500. The van der Waals surface area contributed by atoms with Gasteiger partial charge in [0, 0.05) is 18.9 Å². The van der Waals surface area contributed by atoms with Crippen LogP contribution in [0.4, 0.5) is 5.95 Å². The number of anilines is 1. The van der Waals surface area contributed by atoms with E-state index >= 15 is 0 Å². The molecular weight excluding hydrogens is 194 g/mol. The van der Waals surface area contributed by atoms with Crippen LogP contribution < -0.4 is 4.90 Å². The van der Waals surface area contributed by atoms with Crippen LogP contribution in [0.15, 0.2) is 18.5 Å². The average Bonchev–Trinajstić information content (AvgIpc) is 2.17. The molecule has 0 aliphatic carbocycles. The Balaban J connectivity index is 2.76. The lowest BCUT2D eigenvalue weighted by Gasteiger charge is -2.22. The SMILES string of the molecule is CC(C)CN(CC(=O)O)c1ncccn1. The van der Waals surface area contributed by atoms with Crippen molar-refractivity contribution in [3.63, 3.8) is 0 Å². The zero-order chi connectivity index (χ0) is 11.3. The van der Waals surface area contributed by atoms with Crippen LogP contribution in [0.25, 0.3) is 0 Å². The van der Waals surface area contributed by atoms with Crippen LogP contribution in [0.5, 0.6) is 0 Å². The van der Waals surface area contributed by atoms with Gasteiger partial charge in [0.1, 0.15) is 6.54 Å². The summed E-state index contributed by atoms with van der Waals surface area (Å²) in [5.41, 5.74) is 0. The normalized spacial score (nSPS) is 10.3. The third-order valence-corrected chi connectivity index (χ3v) is 1.75. The van der Waals surface area contributed by atoms with Gasteiger partial charge in [-0.15, -0.1) is 0 Å². The highest BCUT2D eigenvalue weighted by Crippen LogP contribution is 2.07. The molecule has 0 aliphatic rings. The van der Waals surface area contributed by atoms with Gasteiger partial charge in [0.15, 0.2) is 0 Å². The standard InChI is InChI=1S/C10H15N3O2/c1-8(2)6-13(7-9(14)15)10-11-4-3-5-12-10/h3-5,8H,6-7H2,1-2H3,(H,14,15). The molecule has 0 radical (unpaired) electrons. The minimum atomic E-state index is -0.872. The molecule has 15 heavy (non-hydrogen) atoms. The van der Waals surface area contributed by atoms with Crippen molar-refractivity contribution in [2.75, 3.05) is 18.0 Å². The number of aliphatic carboxylic acids is 1. The molecule has 5 heteroatoms. The molecule has 0 amide bonds. The predicted molar refractivity (Wildman–Crippen MR) is 56.7 cm³/mol. The van der Waals surface area contributed by atoms with Gasteiger partial charge in [-0.2, -0.15) is 0 Å². The van der Waals surface area contributed by atoms with Crippen molar-refractivity contribution >= 4 is 11.9 Å². The summed E-state index contributed by atoms with van der Waals surface area (Å²) < 4.78 is 0. The third kappa shape index (κ3) is 3.93. The lowest BCUT2D eigenvalue weighted by atomic mass is 10.2. The van der Waals surface area contributed by atoms with Crippen LogP contribution in [0.2, 0.25) is 0 Å². The monoisotopic (exact) mass is 209 g/mol. The summed E-state index contributed by atoms with van der Waals surface area (Å²) >= 11 is 0. The second-order valence-electron chi connectivity index (χ2n) is 3.72. The number of rotatable bonds is 5. The van der Waals surface area contributed by atoms with Crippen molar-refractivity contribution in [1.29, 1.82) is 0 Å². The Morgan fingerprint density at radius 3 is 2.53 bits per heavy atom. The van der Waals surface area contributed by atoms with Crippen LogP contribution in [0, 0.1) is 5.92 Å². The summed E-state index contributed by atoms with van der Waals surface area (Å²) in [7, 11) is 0. The molecule has 5 nitrogen and oxygen atoms in total. The first-order valence-electron chi connectivity index (χ1n) is 4.83. The molecule has 0 spiro atoms. The molecule has 82 valence electrons. The molecule has 0 aromatic carbocycles. The zero-order valence-electron chi connectivity index (χ0n) is 8.92. The molecule has 0 aliphatic heterocycles. The van der Waals surface area contributed by atoms with E-state index in [1.165, 1.54) is 0 Å². The first kappa shape index (κ1) is 11.4. The van der Waals surface area contributed by atoms with Gasteiger partial charge in [-0.3, -0.25) is 4.79 Å². The Labute approximate surface area is 88.8 Å². The summed E-state index contributed by atoms with van der Waals surface area (Å²) in [6.07, 6.45) is 3.22. The van der Waals surface area contributed by atoms with Gasteiger partial charge in [0.25, 0.3) is 0 Å². The first-order chi connectivity index (χ1) is 7.09. The number of nitrogens with zero attached hydrogens (tertiary/aromatic N) is 3. The van der Waals surface area contributed by atoms with Crippen LogP contribution >= 0.6 is 0 Å². The number of hydrogen-bond acceptors (Lipinski definition) is 4. The number of carbonyl (C=O) groups is 1. The molecule has 1 aromatic rings. The maximum atomic E-state index is 10.7. The van der Waals surface area contributed by atoms with Crippen molar-refractivity contribution in [1.82, 2.24) is 9.97 Å². The Bertz CT molecular complexity index is 314. The highest BCUT2D eigenvalue weighted by Gasteiger charge is 2.13. The predicted octanol–water partition coefficient (Wildman–Crippen LogP) is 1.02. The first-order valence-corrected chi connectivity index (χ1v) is 4.83. The van der Waals surface area contributed by atoms with Gasteiger partial charge < -0.3 is 10.0 Å². The minimum absolute atomic E-state index is 0.0673. The molecule has 0 saturated heterocycles. The van der Waals surface area contributed by atoms with Crippen LogP contribution in [-0.4, -0.2) is 34.1 Å². The molecule has 1 N–H and O–H groups in total. The average molecular weight is 209 g/mol. The molecule has 1 aromatic heterocycles. The Hall–Kier alpha value is -1.65. The lowest BCUT2D eigenvalue weighted by molar-refractivity contribution is -0.135. The summed E-state index contributed by atoms with van der Waals surface area (Å²) in [6.45, 7) is 4.62. The Morgan fingerprint density at radius 1 is 1.47 bits per heavy atom. The molecule has 0 atom stereocenters. The fourth-order valence-corrected chi connectivity index (χ4v) is 1.28. The van der Waals surface area contributed by atoms with Gasteiger partial charge in [0.2, 0.25) is 5.95 Å². The van der Waals surface area contributed by atoms with Gasteiger partial charge in [-0.1, -0.05) is 13.8 Å². The second kappa shape index (κ2) is 5.29. The lowest BCUT2D eigenvalue weighted by Crippen LogP contribution is -2.34. The Morgan fingerprint density at radius 2 is 2.07 bits per heavy atom. The van der Waals surface area contributed by atoms with E-state index in [2.05, 4.69) is 9.97 Å². The maximum Gasteiger partial charge on any atom is 0.323 e. The Kier molecular flexibility index (Phi) is 4.03. The van der Waals surface area contributed by atoms with Gasteiger partial charge in [0.05, 0.1) is 0 Å². The van der Waals surface area contributed by atoms with Crippen molar-refractivity contribution in [3.8, 4) is 0 Å². The number of aromatic nitrogens is 2. The van der Waals surface area contributed by atoms with Crippen molar-refractivity contribution in [2.45, 2.75) is 13.8 Å². The van der Waals surface area contributed by atoms with Crippen LogP contribution in [-0.2, 0) is 4.79 Å². The molecular formula is C10H15N3O2. The van der Waals surface area contributed by atoms with E-state index < -0.39 is 5.97 Å². The van der Waals surface area contributed by atoms with E-state index in [-0.39, 0.29) is 6.54 Å². The number of carboxylic acids is 1. The van der Waals surface area contributed by atoms with E-state index in [1.54, 1.807) is 23.4 Å². The summed E-state index contributed by atoms with van der Waals surface area (Å²) in [4.78, 5) is 20.4. The molecule has 0 unspecified atom stereocenters. The van der Waals surface area contributed by atoms with Gasteiger partial charge in [-0.05, 0) is 12.0 Å². The molecule has 1 rings (SSSR count). The summed E-state index contributed by atoms with van der Waals surface area (Å²) in [6, 6.07) is 1.71. The highest BCUT2D eigenvalue weighted by atomic mass is 16.4.